The highest BCUT2D eigenvalue weighted by Crippen LogP contribution is 2.25. The molecule has 0 saturated carbocycles. The fourth-order valence-electron chi connectivity index (χ4n) is 1.80. The Morgan fingerprint density at radius 1 is 1.05 bits per heavy atom. The molecule has 0 saturated heterocycles. The number of hydrogen-bond acceptors (Lipinski definition) is 4. The second-order valence-electron chi connectivity index (χ2n) is 5.90. The Hall–Kier alpha value is -2.18. The normalized spacial score (nSPS) is 14.0. The first kappa shape index (κ1) is 17.9. The third kappa shape index (κ3) is 4.41. The van der Waals surface area contributed by atoms with Gasteiger partial charge in [-0.05, 0) is 45.4 Å². The van der Waals surface area contributed by atoms with Crippen LogP contribution in [0.25, 0.3) is 0 Å². The van der Waals surface area contributed by atoms with Crippen LogP contribution in [-0.2, 0) is 19.8 Å². The highest BCUT2D eigenvalue weighted by Gasteiger charge is 2.40. The summed E-state index contributed by atoms with van der Waals surface area (Å²) in [5.41, 5.74) is -2.68. The second kappa shape index (κ2) is 6.29. The van der Waals surface area contributed by atoms with Gasteiger partial charge < -0.3 is 14.8 Å². The van der Waals surface area contributed by atoms with Crippen LogP contribution in [0, 0.1) is 11.6 Å². The Balaban J connectivity index is 3.20. The van der Waals surface area contributed by atoms with E-state index in [1.807, 2.05) is 0 Å². The van der Waals surface area contributed by atoms with Gasteiger partial charge in [0.2, 0.25) is 0 Å². The molecule has 1 atom stereocenters. The van der Waals surface area contributed by atoms with E-state index in [4.69, 9.17) is 4.74 Å². The van der Waals surface area contributed by atoms with Crippen molar-refractivity contribution in [3.63, 3.8) is 0 Å². The van der Waals surface area contributed by atoms with Gasteiger partial charge in [0.05, 0.1) is 7.11 Å². The van der Waals surface area contributed by atoms with Crippen LogP contribution in [0.5, 0.6) is 0 Å². The highest BCUT2D eigenvalue weighted by molar-refractivity contribution is 5.86. The van der Waals surface area contributed by atoms with E-state index in [-0.39, 0.29) is 5.56 Å². The molecule has 5 nitrogen and oxygen atoms in total. The Bertz CT molecular complexity index is 563. The smallest absolute Gasteiger partial charge is 0.408 e. The molecular weight excluding hydrogens is 296 g/mol. The standard InChI is InChI=1S/C15H19F2NO4/c1-14(2,3)22-13(20)18-15(4,12(19)21-5)9-6-10(16)8-11(17)7-9/h6-8H,1-5H3,(H,18,20). The zero-order valence-electron chi connectivity index (χ0n) is 13.1. The van der Waals surface area contributed by atoms with Crippen LogP contribution in [-0.4, -0.2) is 24.8 Å². The topological polar surface area (TPSA) is 64.6 Å². The number of esters is 1. The van der Waals surface area contributed by atoms with Gasteiger partial charge in [0.25, 0.3) is 0 Å². The van der Waals surface area contributed by atoms with E-state index >= 15 is 0 Å². The first-order valence-electron chi connectivity index (χ1n) is 6.54. The number of methoxy groups -OCH3 is 1. The van der Waals surface area contributed by atoms with Gasteiger partial charge in [0.15, 0.2) is 5.54 Å². The van der Waals surface area contributed by atoms with Gasteiger partial charge in [-0.2, -0.15) is 0 Å². The van der Waals surface area contributed by atoms with Crippen molar-refractivity contribution >= 4 is 12.1 Å². The SMILES string of the molecule is COC(=O)C(C)(NC(=O)OC(C)(C)C)c1cc(F)cc(F)c1. The molecule has 0 heterocycles. The van der Waals surface area contributed by atoms with Crippen molar-refractivity contribution in [3.8, 4) is 0 Å². The Morgan fingerprint density at radius 3 is 1.95 bits per heavy atom. The molecule has 7 heteroatoms. The first-order chi connectivity index (χ1) is 9.98. The van der Waals surface area contributed by atoms with Gasteiger partial charge in [0.1, 0.15) is 17.2 Å². The molecule has 0 aliphatic carbocycles. The van der Waals surface area contributed by atoms with E-state index in [0.717, 1.165) is 19.2 Å². The molecular formula is C15H19F2NO4. The number of hydrogen-bond donors (Lipinski definition) is 1. The number of halogens is 2. The van der Waals surface area contributed by atoms with Crippen molar-refractivity contribution in [1.29, 1.82) is 0 Å². The summed E-state index contributed by atoms with van der Waals surface area (Å²) in [7, 11) is 1.10. The molecule has 0 fully saturated rings. The van der Waals surface area contributed by atoms with Crippen LogP contribution < -0.4 is 5.32 Å². The summed E-state index contributed by atoms with van der Waals surface area (Å²) in [6.45, 7) is 6.20. The number of rotatable bonds is 3. The van der Waals surface area contributed by atoms with Crippen LogP contribution in [0.4, 0.5) is 13.6 Å². The Morgan fingerprint density at radius 2 is 1.55 bits per heavy atom. The zero-order valence-corrected chi connectivity index (χ0v) is 13.1. The minimum Gasteiger partial charge on any atom is -0.467 e. The summed E-state index contributed by atoms with van der Waals surface area (Å²) < 4.78 is 36.5. The maximum atomic E-state index is 13.4. The van der Waals surface area contributed by atoms with Crippen molar-refractivity contribution in [2.24, 2.45) is 0 Å². The van der Waals surface area contributed by atoms with Gasteiger partial charge in [-0.15, -0.1) is 0 Å². The molecule has 1 N–H and O–H groups in total. The van der Waals surface area contributed by atoms with Gasteiger partial charge in [-0.25, -0.2) is 18.4 Å². The van der Waals surface area contributed by atoms with Crippen molar-refractivity contribution in [3.05, 3.63) is 35.4 Å². The fourth-order valence-corrected chi connectivity index (χ4v) is 1.80. The Kier molecular flexibility index (Phi) is 5.11. The lowest BCUT2D eigenvalue weighted by atomic mass is 9.92. The highest BCUT2D eigenvalue weighted by atomic mass is 19.1. The molecule has 1 unspecified atom stereocenters. The third-order valence-corrected chi connectivity index (χ3v) is 2.78. The third-order valence-electron chi connectivity index (χ3n) is 2.78. The molecule has 1 aromatic carbocycles. The maximum Gasteiger partial charge on any atom is 0.408 e. The van der Waals surface area contributed by atoms with Crippen molar-refractivity contribution < 1.29 is 27.8 Å². The van der Waals surface area contributed by atoms with Crippen LogP contribution in [0.1, 0.15) is 33.3 Å². The van der Waals surface area contributed by atoms with E-state index < -0.39 is 34.8 Å². The number of carbonyl (C=O) groups excluding carboxylic acids is 2. The molecule has 122 valence electrons. The van der Waals surface area contributed by atoms with Gasteiger partial charge in [0, 0.05) is 6.07 Å². The summed E-state index contributed by atoms with van der Waals surface area (Å²) >= 11 is 0. The molecule has 0 aliphatic heterocycles. The molecule has 0 spiro atoms. The van der Waals surface area contributed by atoms with Gasteiger partial charge in [-0.1, -0.05) is 0 Å². The minimum absolute atomic E-state index is 0.0947. The van der Waals surface area contributed by atoms with Gasteiger partial charge in [-0.3, -0.25) is 0 Å². The van der Waals surface area contributed by atoms with Crippen LogP contribution in [0.3, 0.4) is 0 Å². The van der Waals surface area contributed by atoms with E-state index in [1.54, 1.807) is 20.8 Å². The van der Waals surface area contributed by atoms with Crippen LogP contribution in [0.2, 0.25) is 0 Å². The number of ether oxygens (including phenoxy) is 2. The van der Waals surface area contributed by atoms with E-state index in [9.17, 15) is 18.4 Å². The van der Waals surface area contributed by atoms with E-state index in [2.05, 4.69) is 10.1 Å². The predicted octanol–water partition coefficient (Wildman–Crippen LogP) is 2.88. The van der Waals surface area contributed by atoms with Crippen molar-refractivity contribution in [2.75, 3.05) is 7.11 Å². The lowest BCUT2D eigenvalue weighted by molar-refractivity contribution is -0.148. The molecule has 0 aromatic heterocycles. The van der Waals surface area contributed by atoms with Crippen molar-refractivity contribution in [2.45, 2.75) is 38.8 Å². The molecule has 0 radical (unpaired) electrons. The first-order valence-corrected chi connectivity index (χ1v) is 6.54. The fraction of sp³-hybridized carbons (Fsp3) is 0.467. The quantitative estimate of drug-likeness (QED) is 0.871. The molecule has 1 aromatic rings. The number of benzene rings is 1. The molecule has 1 amide bonds. The van der Waals surface area contributed by atoms with Crippen molar-refractivity contribution in [1.82, 2.24) is 5.32 Å². The van der Waals surface area contributed by atoms with Gasteiger partial charge >= 0.3 is 12.1 Å². The summed E-state index contributed by atoms with van der Waals surface area (Å²) in [6.07, 6.45) is -0.912. The van der Waals surface area contributed by atoms with Crippen LogP contribution >= 0.6 is 0 Å². The second-order valence-corrected chi connectivity index (χ2v) is 5.90. The lowest BCUT2D eigenvalue weighted by Crippen LogP contribution is -2.51. The summed E-state index contributed by atoms with van der Waals surface area (Å²) in [5, 5.41) is 2.30. The predicted molar refractivity (Wildman–Crippen MR) is 75.1 cm³/mol. The maximum absolute atomic E-state index is 13.4. The van der Waals surface area contributed by atoms with Crippen LogP contribution in [0.15, 0.2) is 18.2 Å². The molecule has 0 aliphatic rings. The average Bonchev–Trinajstić information content (AvgIpc) is 2.33. The monoisotopic (exact) mass is 315 g/mol. The Labute approximate surface area is 127 Å². The molecule has 0 bridgehead atoms. The average molecular weight is 315 g/mol. The van der Waals surface area contributed by atoms with E-state index in [1.165, 1.54) is 6.92 Å². The lowest BCUT2D eigenvalue weighted by Gasteiger charge is -2.30. The summed E-state index contributed by atoms with van der Waals surface area (Å²) in [6, 6.07) is 2.55. The number of alkyl carbamates (subject to hydrolysis) is 1. The zero-order chi connectivity index (χ0) is 17.1. The van der Waals surface area contributed by atoms with E-state index in [0.29, 0.717) is 6.07 Å². The molecule has 22 heavy (non-hydrogen) atoms. The summed E-state index contributed by atoms with van der Waals surface area (Å²) in [4.78, 5) is 23.9. The minimum atomic E-state index is -1.79. The number of carbonyl (C=O) groups is 2. The number of amides is 1. The number of nitrogens with one attached hydrogen (secondary N) is 1. The largest absolute Gasteiger partial charge is 0.467 e. The molecule has 1 rings (SSSR count). The summed E-state index contributed by atoms with van der Waals surface area (Å²) in [5.74, 6) is -2.64.